The Balaban J connectivity index is 2.03. The topological polar surface area (TPSA) is 35.8 Å². The van der Waals surface area contributed by atoms with Crippen LogP contribution in [-0.2, 0) is 6.54 Å². The lowest BCUT2D eigenvalue weighted by atomic mass is 10.0. The van der Waals surface area contributed by atoms with Gasteiger partial charge in [0, 0.05) is 12.6 Å². The number of hydrogen-bond acceptors (Lipinski definition) is 2. The Labute approximate surface area is 101 Å². The van der Waals surface area contributed by atoms with E-state index < -0.39 is 0 Å². The van der Waals surface area contributed by atoms with Gasteiger partial charge >= 0.3 is 0 Å². The third-order valence-corrected chi connectivity index (χ3v) is 3.60. The zero-order valence-corrected chi connectivity index (χ0v) is 10.0. The molecule has 17 heavy (non-hydrogen) atoms. The van der Waals surface area contributed by atoms with Gasteiger partial charge < -0.3 is 5.32 Å². The van der Waals surface area contributed by atoms with Crippen molar-refractivity contribution in [2.75, 3.05) is 0 Å². The average molecular weight is 232 g/mol. The summed E-state index contributed by atoms with van der Waals surface area (Å²) < 4.78 is 13.1. The van der Waals surface area contributed by atoms with Crippen LogP contribution in [0.1, 0.15) is 37.3 Å². The van der Waals surface area contributed by atoms with E-state index in [-0.39, 0.29) is 5.82 Å². The molecule has 3 heteroatoms. The molecule has 1 aromatic carbocycles. The van der Waals surface area contributed by atoms with Crippen molar-refractivity contribution in [2.24, 2.45) is 5.92 Å². The molecule has 0 radical (unpaired) electrons. The molecule has 2 unspecified atom stereocenters. The van der Waals surface area contributed by atoms with Crippen molar-refractivity contribution in [3.63, 3.8) is 0 Å². The summed E-state index contributed by atoms with van der Waals surface area (Å²) in [5, 5.41) is 12.4. The maximum Gasteiger partial charge on any atom is 0.123 e. The van der Waals surface area contributed by atoms with Crippen molar-refractivity contribution in [3.05, 3.63) is 35.1 Å². The molecule has 0 amide bonds. The minimum atomic E-state index is -0.278. The second kappa shape index (κ2) is 5.29. The molecule has 1 N–H and O–H groups in total. The van der Waals surface area contributed by atoms with Crippen LogP contribution in [0.25, 0.3) is 0 Å². The van der Waals surface area contributed by atoms with Crippen LogP contribution in [0.2, 0.25) is 0 Å². The SMILES string of the molecule is CC1CCCC1NCc1cc(F)ccc1C#N. The van der Waals surface area contributed by atoms with Gasteiger partial charge in [0.25, 0.3) is 0 Å². The van der Waals surface area contributed by atoms with Crippen molar-refractivity contribution in [3.8, 4) is 6.07 Å². The second-order valence-electron chi connectivity index (χ2n) is 4.81. The van der Waals surface area contributed by atoms with Crippen LogP contribution in [-0.4, -0.2) is 6.04 Å². The molecule has 0 bridgehead atoms. The normalized spacial score (nSPS) is 23.6. The zero-order chi connectivity index (χ0) is 12.3. The Morgan fingerprint density at radius 1 is 1.47 bits per heavy atom. The van der Waals surface area contributed by atoms with Gasteiger partial charge in [0.15, 0.2) is 0 Å². The van der Waals surface area contributed by atoms with Crippen LogP contribution in [0.4, 0.5) is 4.39 Å². The highest BCUT2D eigenvalue weighted by Gasteiger charge is 2.22. The van der Waals surface area contributed by atoms with Crippen molar-refractivity contribution in [1.82, 2.24) is 5.32 Å². The van der Waals surface area contributed by atoms with Gasteiger partial charge in [0.1, 0.15) is 5.82 Å². The molecule has 2 nitrogen and oxygen atoms in total. The molecular formula is C14H17FN2. The van der Waals surface area contributed by atoms with Crippen LogP contribution >= 0.6 is 0 Å². The fourth-order valence-electron chi connectivity index (χ4n) is 2.51. The molecule has 1 fully saturated rings. The van der Waals surface area contributed by atoms with Gasteiger partial charge in [-0.1, -0.05) is 13.3 Å². The lowest BCUT2D eigenvalue weighted by Crippen LogP contribution is -2.30. The standard InChI is InChI=1S/C14H17FN2/c1-10-3-2-4-14(10)17-9-12-7-13(15)6-5-11(12)8-16/h5-7,10,14,17H,2-4,9H2,1H3. The first-order valence-corrected chi connectivity index (χ1v) is 6.12. The van der Waals surface area contributed by atoms with Crippen LogP contribution in [0.5, 0.6) is 0 Å². The van der Waals surface area contributed by atoms with E-state index in [4.69, 9.17) is 5.26 Å². The number of halogens is 1. The first-order chi connectivity index (χ1) is 8.20. The summed E-state index contributed by atoms with van der Waals surface area (Å²) in [4.78, 5) is 0. The molecule has 0 aliphatic heterocycles. The number of nitrogens with zero attached hydrogens (tertiary/aromatic N) is 1. The largest absolute Gasteiger partial charge is 0.310 e. The van der Waals surface area contributed by atoms with Gasteiger partial charge in [-0.15, -0.1) is 0 Å². The zero-order valence-electron chi connectivity index (χ0n) is 10.0. The van der Waals surface area contributed by atoms with Crippen LogP contribution < -0.4 is 5.32 Å². The lowest BCUT2D eigenvalue weighted by Gasteiger charge is -2.17. The number of nitriles is 1. The van der Waals surface area contributed by atoms with Crippen LogP contribution in [0.15, 0.2) is 18.2 Å². The van der Waals surface area contributed by atoms with E-state index in [0.29, 0.717) is 24.1 Å². The van der Waals surface area contributed by atoms with E-state index >= 15 is 0 Å². The molecule has 0 spiro atoms. The predicted molar refractivity (Wildman–Crippen MR) is 64.8 cm³/mol. The van der Waals surface area contributed by atoms with Gasteiger partial charge in [0.2, 0.25) is 0 Å². The fourth-order valence-corrected chi connectivity index (χ4v) is 2.51. The molecule has 1 aliphatic carbocycles. The number of nitrogens with one attached hydrogen (secondary N) is 1. The van der Waals surface area contributed by atoms with E-state index in [2.05, 4.69) is 18.3 Å². The van der Waals surface area contributed by atoms with Crippen molar-refractivity contribution in [1.29, 1.82) is 5.26 Å². The Morgan fingerprint density at radius 2 is 2.29 bits per heavy atom. The lowest BCUT2D eigenvalue weighted by molar-refractivity contribution is 0.425. The molecule has 1 aromatic rings. The van der Waals surface area contributed by atoms with E-state index in [0.717, 1.165) is 5.56 Å². The Bertz CT molecular complexity index is 436. The molecule has 2 atom stereocenters. The summed E-state index contributed by atoms with van der Waals surface area (Å²) in [6.45, 7) is 2.82. The number of hydrogen-bond donors (Lipinski definition) is 1. The highest BCUT2D eigenvalue weighted by atomic mass is 19.1. The summed E-state index contributed by atoms with van der Waals surface area (Å²) in [6.07, 6.45) is 3.69. The quantitative estimate of drug-likeness (QED) is 0.869. The summed E-state index contributed by atoms with van der Waals surface area (Å²) in [6, 6.07) is 6.94. The van der Waals surface area contributed by atoms with Crippen molar-refractivity contribution < 1.29 is 4.39 Å². The molecule has 0 aromatic heterocycles. The van der Waals surface area contributed by atoms with Gasteiger partial charge in [-0.2, -0.15) is 5.26 Å². The maximum atomic E-state index is 13.1. The smallest absolute Gasteiger partial charge is 0.123 e. The van der Waals surface area contributed by atoms with Gasteiger partial charge in [-0.05, 0) is 42.5 Å². The van der Waals surface area contributed by atoms with E-state index in [1.54, 1.807) is 6.07 Å². The van der Waals surface area contributed by atoms with E-state index in [1.165, 1.54) is 31.4 Å². The molecular weight excluding hydrogens is 215 g/mol. The minimum Gasteiger partial charge on any atom is -0.310 e. The first kappa shape index (κ1) is 12.1. The van der Waals surface area contributed by atoms with Gasteiger partial charge in [0.05, 0.1) is 11.6 Å². The monoisotopic (exact) mass is 232 g/mol. The third kappa shape index (κ3) is 2.83. The fraction of sp³-hybridized carbons (Fsp3) is 0.500. The number of benzene rings is 1. The molecule has 1 aliphatic rings. The van der Waals surface area contributed by atoms with E-state index in [9.17, 15) is 4.39 Å². The Kier molecular flexibility index (Phi) is 3.75. The highest BCUT2D eigenvalue weighted by Crippen LogP contribution is 2.25. The minimum absolute atomic E-state index is 0.278. The molecule has 2 rings (SSSR count). The van der Waals surface area contributed by atoms with Gasteiger partial charge in [-0.3, -0.25) is 0 Å². The average Bonchev–Trinajstić information content (AvgIpc) is 2.72. The molecule has 90 valence electrons. The Morgan fingerprint density at radius 3 is 2.94 bits per heavy atom. The van der Waals surface area contributed by atoms with Crippen molar-refractivity contribution >= 4 is 0 Å². The van der Waals surface area contributed by atoms with Crippen LogP contribution in [0, 0.1) is 23.1 Å². The highest BCUT2D eigenvalue weighted by molar-refractivity contribution is 5.37. The second-order valence-corrected chi connectivity index (χ2v) is 4.81. The molecule has 0 heterocycles. The first-order valence-electron chi connectivity index (χ1n) is 6.12. The predicted octanol–water partition coefficient (Wildman–Crippen LogP) is 2.98. The van der Waals surface area contributed by atoms with E-state index in [1.807, 2.05) is 0 Å². The van der Waals surface area contributed by atoms with Crippen LogP contribution in [0.3, 0.4) is 0 Å². The number of rotatable bonds is 3. The summed E-state index contributed by atoms with van der Waals surface area (Å²) >= 11 is 0. The summed E-state index contributed by atoms with van der Waals surface area (Å²) in [7, 11) is 0. The third-order valence-electron chi connectivity index (χ3n) is 3.60. The summed E-state index contributed by atoms with van der Waals surface area (Å²) in [5.74, 6) is 0.398. The maximum absolute atomic E-state index is 13.1. The van der Waals surface area contributed by atoms with Gasteiger partial charge in [-0.25, -0.2) is 4.39 Å². The summed E-state index contributed by atoms with van der Waals surface area (Å²) in [5.41, 5.74) is 1.32. The Hall–Kier alpha value is -1.40. The molecule has 0 saturated heterocycles. The molecule has 1 saturated carbocycles. The van der Waals surface area contributed by atoms with Crippen molar-refractivity contribution in [2.45, 2.75) is 38.8 Å².